The second-order valence-corrected chi connectivity index (χ2v) is 7.03. The molecule has 4 rings (SSSR count). The normalized spacial score (nSPS) is 23.9. The zero-order valence-electron chi connectivity index (χ0n) is 14.9. The zero-order chi connectivity index (χ0) is 18.9. The Morgan fingerprint density at radius 3 is 2.52 bits per heavy atom. The molecule has 140 valence electrons. The fourth-order valence-corrected chi connectivity index (χ4v) is 4.09. The molecule has 0 unspecified atom stereocenters. The van der Waals surface area contributed by atoms with Crippen LogP contribution in [0.25, 0.3) is 0 Å². The van der Waals surface area contributed by atoms with E-state index in [0.717, 1.165) is 38.0 Å². The lowest BCUT2D eigenvalue weighted by Gasteiger charge is -2.40. The molecule has 8 heteroatoms. The standard InChI is InChI=1S/C19H22N6O2/c20-16-13(4-3-9-22-16)12-25-10-6-14(7-11-25)19(15-5-1-2-8-21-15)17(26)23-18(27)24-19/h1-5,8-9,14H,6-7,10-12H2,(H2,20,22)(H2,23,24,26,27)/t19-/m1/s1. The van der Waals surface area contributed by atoms with Crippen LogP contribution in [0.3, 0.4) is 0 Å². The van der Waals surface area contributed by atoms with Crippen LogP contribution in [0.1, 0.15) is 24.1 Å². The molecule has 4 heterocycles. The number of imide groups is 1. The Hall–Kier alpha value is -3.00. The molecule has 0 aromatic carbocycles. The largest absolute Gasteiger partial charge is 0.383 e. The van der Waals surface area contributed by atoms with E-state index in [9.17, 15) is 9.59 Å². The summed E-state index contributed by atoms with van der Waals surface area (Å²) < 4.78 is 0. The monoisotopic (exact) mass is 366 g/mol. The molecule has 2 saturated heterocycles. The Labute approximate surface area is 157 Å². The number of carbonyl (C=O) groups excluding carboxylic acids is 2. The summed E-state index contributed by atoms with van der Waals surface area (Å²) in [5, 5.41) is 5.26. The first kappa shape index (κ1) is 17.4. The van der Waals surface area contributed by atoms with Crippen molar-refractivity contribution in [1.82, 2.24) is 25.5 Å². The molecule has 1 atom stereocenters. The van der Waals surface area contributed by atoms with E-state index >= 15 is 0 Å². The van der Waals surface area contributed by atoms with Gasteiger partial charge in [-0.2, -0.15) is 0 Å². The fourth-order valence-electron chi connectivity index (χ4n) is 4.09. The SMILES string of the molecule is Nc1ncccc1CN1CCC([C@]2(c3ccccn3)NC(=O)NC2=O)CC1. The number of nitrogens with one attached hydrogen (secondary N) is 2. The molecule has 0 bridgehead atoms. The third-order valence-electron chi connectivity index (χ3n) is 5.48. The number of rotatable bonds is 4. The number of pyridine rings is 2. The maximum absolute atomic E-state index is 12.8. The van der Waals surface area contributed by atoms with Crippen LogP contribution in [0.5, 0.6) is 0 Å². The summed E-state index contributed by atoms with van der Waals surface area (Å²) in [6.07, 6.45) is 4.87. The minimum absolute atomic E-state index is 0.0265. The van der Waals surface area contributed by atoms with Crippen molar-refractivity contribution in [3.63, 3.8) is 0 Å². The molecule has 0 aliphatic carbocycles. The average Bonchev–Trinajstić information content (AvgIpc) is 3.00. The van der Waals surface area contributed by atoms with Gasteiger partial charge in [0.2, 0.25) is 0 Å². The predicted molar refractivity (Wildman–Crippen MR) is 99.2 cm³/mol. The van der Waals surface area contributed by atoms with Crippen LogP contribution in [0.15, 0.2) is 42.7 Å². The second kappa shape index (κ2) is 6.96. The highest BCUT2D eigenvalue weighted by molar-refractivity contribution is 6.07. The van der Waals surface area contributed by atoms with Crippen LogP contribution in [-0.2, 0) is 16.9 Å². The van der Waals surface area contributed by atoms with Gasteiger partial charge < -0.3 is 11.1 Å². The number of likely N-dealkylation sites (tertiary alicyclic amines) is 1. The first-order valence-electron chi connectivity index (χ1n) is 9.06. The molecular formula is C19H22N6O2. The maximum atomic E-state index is 12.8. The number of nitrogens with two attached hydrogens (primary N) is 1. The zero-order valence-corrected chi connectivity index (χ0v) is 14.9. The Balaban J connectivity index is 1.52. The number of urea groups is 1. The summed E-state index contributed by atoms with van der Waals surface area (Å²) in [6.45, 7) is 2.33. The molecule has 0 radical (unpaired) electrons. The number of piperidine rings is 1. The van der Waals surface area contributed by atoms with Crippen molar-refractivity contribution in [3.8, 4) is 0 Å². The third kappa shape index (κ3) is 3.12. The van der Waals surface area contributed by atoms with Crippen LogP contribution in [0.2, 0.25) is 0 Å². The number of nitrogen functional groups attached to an aromatic ring is 1. The van der Waals surface area contributed by atoms with Gasteiger partial charge in [-0.25, -0.2) is 9.78 Å². The van der Waals surface area contributed by atoms with Gasteiger partial charge in [0.05, 0.1) is 5.69 Å². The first-order chi connectivity index (χ1) is 13.1. The van der Waals surface area contributed by atoms with Gasteiger partial charge in [0.25, 0.3) is 5.91 Å². The van der Waals surface area contributed by atoms with Crippen LogP contribution in [0, 0.1) is 5.92 Å². The Bertz CT molecular complexity index is 850. The average molecular weight is 366 g/mol. The van der Waals surface area contributed by atoms with Gasteiger partial charge in [0.15, 0.2) is 5.54 Å². The van der Waals surface area contributed by atoms with E-state index in [1.807, 2.05) is 18.2 Å². The quantitative estimate of drug-likeness (QED) is 0.696. The molecule has 0 spiro atoms. The highest BCUT2D eigenvalue weighted by Gasteiger charge is 2.54. The maximum Gasteiger partial charge on any atom is 0.322 e. The Kier molecular flexibility index (Phi) is 4.49. The van der Waals surface area contributed by atoms with E-state index in [-0.39, 0.29) is 11.8 Å². The topological polar surface area (TPSA) is 113 Å². The van der Waals surface area contributed by atoms with Gasteiger partial charge in [-0.1, -0.05) is 12.1 Å². The second-order valence-electron chi connectivity index (χ2n) is 7.03. The van der Waals surface area contributed by atoms with Crippen molar-refractivity contribution >= 4 is 17.8 Å². The van der Waals surface area contributed by atoms with Crippen molar-refractivity contribution in [1.29, 1.82) is 0 Å². The lowest BCUT2D eigenvalue weighted by atomic mass is 9.75. The van der Waals surface area contributed by atoms with Gasteiger partial charge in [-0.15, -0.1) is 0 Å². The summed E-state index contributed by atoms with van der Waals surface area (Å²) in [6, 6.07) is 8.83. The number of hydrogen-bond donors (Lipinski definition) is 3. The summed E-state index contributed by atoms with van der Waals surface area (Å²) in [5.41, 5.74) is 6.44. The lowest BCUT2D eigenvalue weighted by Crippen LogP contribution is -2.53. The molecule has 27 heavy (non-hydrogen) atoms. The van der Waals surface area contributed by atoms with E-state index in [1.165, 1.54) is 0 Å². The van der Waals surface area contributed by atoms with Crippen LogP contribution >= 0.6 is 0 Å². The van der Waals surface area contributed by atoms with Gasteiger partial charge in [-0.05, 0) is 50.0 Å². The highest BCUT2D eigenvalue weighted by atomic mass is 16.2. The van der Waals surface area contributed by atoms with E-state index < -0.39 is 11.6 Å². The summed E-state index contributed by atoms with van der Waals surface area (Å²) in [7, 11) is 0. The number of hydrogen-bond acceptors (Lipinski definition) is 6. The number of nitrogens with zero attached hydrogens (tertiary/aromatic N) is 3. The van der Waals surface area contributed by atoms with Crippen molar-refractivity contribution < 1.29 is 9.59 Å². The van der Waals surface area contributed by atoms with E-state index in [1.54, 1.807) is 24.5 Å². The molecule has 2 aromatic heterocycles. The van der Waals surface area contributed by atoms with Gasteiger partial charge >= 0.3 is 6.03 Å². The summed E-state index contributed by atoms with van der Waals surface area (Å²) >= 11 is 0. The van der Waals surface area contributed by atoms with Crippen molar-refractivity contribution in [3.05, 3.63) is 54.0 Å². The Morgan fingerprint density at radius 1 is 1.11 bits per heavy atom. The molecule has 2 aliphatic rings. The smallest absolute Gasteiger partial charge is 0.322 e. The first-order valence-corrected chi connectivity index (χ1v) is 9.06. The van der Waals surface area contributed by atoms with Crippen molar-refractivity contribution in [2.75, 3.05) is 18.8 Å². The molecule has 8 nitrogen and oxygen atoms in total. The van der Waals surface area contributed by atoms with E-state index in [4.69, 9.17) is 5.73 Å². The number of amides is 3. The van der Waals surface area contributed by atoms with Gasteiger partial charge in [0, 0.05) is 24.5 Å². The Morgan fingerprint density at radius 2 is 1.89 bits per heavy atom. The third-order valence-corrected chi connectivity index (χ3v) is 5.48. The highest BCUT2D eigenvalue weighted by Crippen LogP contribution is 2.38. The number of aromatic nitrogens is 2. The van der Waals surface area contributed by atoms with Crippen LogP contribution in [-0.4, -0.2) is 39.9 Å². The number of anilines is 1. The van der Waals surface area contributed by atoms with Crippen molar-refractivity contribution in [2.24, 2.45) is 5.92 Å². The van der Waals surface area contributed by atoms with Gasteiger partial charge in [0.1, 0.15) is 5.82 Å². The fraction of sp³-hybridized carbons (Fsp3) is 0.368. The molecule has 2 aliphatic heterocycles. The van der Waals surface area contributed by atoms with Crippen molar-refractivity contribution in [2.45, 2.75) is 24.9 Å². The molecular weight excluding hydrogens is 344 g/mol. The molecule has 4 N–H and O–H groups in total. The predicted octanol–water partition coefficient (Wildman–Crippen LogP) is 1.01. The van der Waals surface area contributed by atoms with Crippen LogP contribution < -0.4 is 16.4 Å². The molecule has 3 amide bonds. The van der Waals surface area contributed by atoms with E-state index in [0.29, 0.717) is 11.5 Å². The van der Waals surface area contributed by atoms with E-state index in [2.05, 4.69) is 25.5 Å². The minimum atomic E-state index is -1.10. The number of carbonyl (C=O) groups is 2. The van der Waals surface area contributed by atoms with Crippen LogP contribution in [0.4, 0.5) is 10.6 Å². The molecule has 2 fully saturated rings. The molecule has 0 saturated carbocycles. The van der Waals surface area contributed by atoms with Gasteiger partial charge in [-0.3, -0.25) is 20.0 Å². The molecule has 2 aromatic rings. The summed E-state index contributed by atoms with van der Waals surface area (Å²) in [5.74, 6) is 0.203. The summed E-state index contributed by atoms with van der Waals surface area (Å²) in [4.78, 5) is 35.5. The minimum Gasteiger partial charge on any atom is -0.383 e. The lowest BCUT2D eigenvalue weighted by molar-refractivity contribution is -0.127.